The van der Waals surface area contributed by atoms with Crippen molar-refractivity contribution in [1.82, 2.24) is 19.6 Å². The second-order valence-corrected chi connectivity index (χ2v) is 14.7. The number of methoxy groups -OCH3 is 1. The van der Waals surface area contributed by atoms with Crippen molar-refractivity contribution in [2.75, 3.05) is 51.8 Å². The Bertz CT molecular complexity index is 1660. The van der Waals surface area contributed by atoms with Crippen molar-refractivity contribution in [2.45, 2.75) is 83.3 Å². The summed E-state index contributed by atoms with van der Waals surface area (Å²) >= 11 is 0. The first-order valence-corrected chi connectivity index (χ1v) is 18.4. The largest absolute Gasteiger partial charge is 0.495 e. The van der Waals surface area contributed by atoms with Gasteiger partial charge in [0.15, 0.2) is 0 Å². The maximum absolute atomic E-state index is 14.5. The molecule has 3 fully saturated rings. The lowest BCUT2D eigenvalue weighted by Crippen LogP contribution is -2.48. The second kappa shape index (κ2) is 16.1. The molecule has 3 aromatic rings. The normalized spacial score (nSPS) is 22.9. The zero-order valence-electron chi connectivity index (χ0n) is 30.1. The number of anilines is 1. The van der Waals surface area contributed by atoms with Gasteiger partial charge in [-0.3, -0.25) is 9.48 Å². The molecule has 0 atom stereocenters. The molecule has 0 unspecified atom stereocenters. The number of rotatable bonds is 9. The Morgan fingerprint density at radius 3 is 2.36 bits per heavy atom. The second-order valence-electron chi connectivity index (χ2n) is 14.7. The highest BCUT2D eigenvalue weighted by Crippen LogP contribution is 2.39. The zero-order valence-corrected chi connectivity index (χ0v) is 30.1. The molecule has 6 rings (SSSR count). The molecule has 2 aromatic carbocycles. The van der Waals surface area contributed by atoms with Crippen LogP contribution in [0, 0.1) is 23.2 Å². The standard InChI is InChI=1S/C40H52N6O4/c1-28(2)46-27-35(25-42-46)32-6-5-7-36(23-32)45(26-29-8-10-30(11-9-29)33-14-17-38(49-4)34(22-33)24-41)39(47)31-12-15-37(16-13-31)50-40(48)44-20-18-43(3)19-21-44/h5-7,14,17,22-23,25,27-31,37H,8-13,15-16,18-21,26H2,1-4H3. The molecular formula is C40H52N6O4. The van der Waals surface area contributed by atoms with E-state index < -0.39 is 0 Å². The van der Waals surface area contributed by atoms with Gasteiger partial charge in [0, 0.05) is 62.1 Å². The van der Waals surface area contributed by atoms with Gasteiger partial charge in [-0.15, -0.1) is 0 Å². The van der Waals surface area contributed by atoms with Gasteiger partial charge in [0.1, 0.15) is 17.9 Å². The molecule has 2 heterocycles. The summed E-state index contributed by atoms with van der Waals surface area (Å²) < 4.78 is 13.3. The molecule has 1 saturated heterocycles. The summed E-state index contributed by atoms with van der Waals surface area (Å²) in [7, 11) is 3.67. The van der Waals surface area contributed by atoms with Crippen LogP contribution in [0.4, 0.5) is 10.5 Å². The maximum Gasteiger partial charge on any atom is 0.410 e. The number of likely N-dealkylation sites (N-methyl/N-ethyl adjacent to an activating group) is 1. The molecule has 50 heavy (non-hydrogen) atoms. The van der Waals surface area contributed by atoms with Gasteiger partial charge in [0.2, 0.25) is 5.91 Å². The summed E-state index contributed by atoms with van der Waals surface area (Å²) in [6, 6.07) is 16.8. The number of piperazine rings is 1. The van der Waals surface area contributed by atoms with Crippen LogP contribution in [0.3, 0.4) is 0 Å². The van der Waals surface area contributed by atoms with Crippen LogP contribution >= 0.6 is 0 Å². The third kappa shape index (κ3) is 8.32. The first-order valence-electron chi connectivity index (χ1n) is 18.4. The summed E-state index contributed by atoms with van der Waals surface area (Å²) in [6.45, 7) is 8.00. The van der Waals surface area contributed by atoms with Gasteiger partial charge in [-0.2, -0.15) is 10.4 Å². The molecule has 10 heteroatoms. The lowest BCUT2D eigenvalue weighted by atomic mass is 9.78. The van der Waals surface area contributed by atoms with Crippen molar-refractivity contribution in [2.24, 2.45) is 11.8 Å². The van der Waals surface area contributed by atoms with Crippen LogP contribution in [0.5, 0.6) is 5.75 Å². The number of nitrogens with zero attached hydrogens (tertiary/aromatic N) is 6. The minimum Gasteiger partial charge on any atom is -0.495 e. The van der Waals surface area contributed by atoms with Crippen LogP contribution in [-0.4, -0.2) is 84.6 Å². The maximum atomic E-state index is 14.5. The van der Waals surface area contributed by atoms with E-state index in [0.717, 1.165) is 55.6 Å². The fraction of sp³-hybridized carbons (Fsp3) is 0.550. The van der Waals surface area contributed by atoms with E-state index in [1.165, 1.54) is 5.56 Å². The molecule has 0 spiro atoms. The van der Waals surface area contributed by atoms with Crippen LogP contribution in [0.25, 0.3) is 11.1 Å². The Morgan fingerprint density at radius 2 is 1.70 bits per heavy atom. The van der Waals surface area contributed by atoms with E-state index in [9.17, 15) is 14.9 Å². The lowest BCUT2D eigenvalue weighted by molar-refractivity contribution is -0.124. The number of nitriles is 1. The molecular weight excluding hydrogens is 628 g/mol. The van der Waals surface area contributed by atoms with Crippen molar-refractivity contribution in [3.8, 4) is 22.9 Å². The van der Waals surface area contributed by atoms with E-state index in [0.29, 0.717) is 68.5 Å². The Hall–Kier alpha value is -4.36. The molecule has 266 valence electrons. The molecule has 0 bridgehead atoms. The molecule has 3 aliphatic rings. The fourth-order valence-corrected chi connectivity index (χ4v) is 7.80. The molecule has 10 nitrogen and oxygen atoms in total. The lowest BCUT2D eigenvalue weighted by Gasteiger charge is -2.37. The summed E-state index contributed by atoms with van der Waals surface area (Å²) in [5, 5.41) is 14.2. The van der Waals surface area contributed by atoms with E-state index in [4.69, 9.17) is 9.47 Å². The number of amides is 2. The van der Waals surface area contributed by atoms with Gasteiger partial charge in [0.25, 0.3) is 0 Å². The monoisotopic (exact) mass is 680 g/mol. The van der Waals surface area contributed by atoms with Gasteiger partial charge < -0.3 is 24.2 Å². The van der Waals surface area contributed by atoms with Crippen LogP contribution < -0.4 is 9.64 Å². The number of ether oxygens (including phenoxy) is 2. The van der Waals surface area contributed by atoms with Crippen LogP contribution in [0.1, 0.15) is 88.3 Å². The Balaban J connectivity index is 1.14. The average molecular weight is 681 g/mol. The SMILES string of the molecule is COc1ccc(C2CCC(CN(C(=O)C3CCC(OC(=O)N4CCN(C)CC4)CC3)c3cccc(-c4cnn(C(C)C)c4)c3)CC2)cc1C#N. The topological polar surface area (TPSA) is 104 Å². The van der Waals surface area contributed by atoms with Gasteiger partial charge in [-0.1, -0.05) is 18.2 Å². The highest BCUT2D eigenvalue weighted by molar-refractivity contribution is 5.95. The molecule has 2 amide bonds. The third-order valence-corrected chi connectivity index (χ3v) is 11.0. The molecule has 0 N–H and O–H groups in total. The first kappa shape index (κ1) is 35.5. The predicted octanol–water partition coefficient (Wildman–Crippen LogP) is 7.26. The van der Waals surface area contributed by atoms with Gasteiger partial charge in [0.05, 0.1) is 18.9 Å². The number of aromatic nitrogens is 2. The first-order chi connectivity index (χ1) is 24.2. The summed E-state index contributed by atoms with van der Waals surface area (Å²) in [5.41, 5.74) is 4.76. The molecule has 2 saturated carbocycles. The number of carbonyl (C=O) groups excluding carboxylic acids is 2. The Labute approximate surface area is 296 Å². The quantitative estimate of drug-likeness (QED) is 0.234. The van der Waals surface area contributed by atoms with E-state index in [-0.39, 0.29) is 30.1 Å². The molecule has 1 aliphatic heterocycles. The summed E-state index contributed by atoms with van der Waals surface area (Å²) in [6.07, 6.45) is 10.5. The van der Waals surface area contributed by atoms with E-state index in [1.54, 1.807) is 7.11 Å². The van der Waals surface area contributed by atoms with Crippen LogP contribution in [0.15, 0.2) is 54.9 Å². The molecule has 2 aliphatic carbocycles. The van der Waals surface area contributed by atoms with Crippen LogP contribution in [0.2, 0.25) is 0 Å². The fourth-order valence-electron chi connectivity index (χ4n) is 7.80. The number of hydrogen-bond donors (Lipinski definition) is 0. The average Bonchev–Trinajstić information content (AvgIpc) is 3.65. The number of benzene rings is 2. The minimum absolute atomic E-state index is 0.110. The predicted molar refractivity (Wildman–Crippen MR) is 194 cm³/mol. The van der Waals surface area contributed by atoms with Crippen molar-refractivity contribution < 1.29 is 19.1 Å². The zero-order chi connectivity index (χ0) is 35.2. The van der Waals surface area contributed by atoms with Crippen molar-refractivity contribution in [3.63, 3.8) is 0 Å². The minimum atomic E-state index is -0.221. The van der Waals surface area contributed by atoms with Crippen LogP contribution in [-0.2, 0) is 9.53 Å². The Morgan fingerprint density at radius 1 is 0.960 bits per heavy atom. The summed E-state index contributed by atoms with van der Waals surface area (Å²) in [4.78, 5) is 33.4. The van der Waals surface area contributed by atoms with E-state index in [2.05, 4.69) is 67.4 Å². The van der Waals surface area contributed by atoms with Gasteiger partial charge >= 0.3 is 6.09 Å². The van der Waals surface area contributed by atoms with E-state index >= 15 is 0 Å². The van der Waals surface area contributed by atoms with E-state index in [1.807, 2.05) is 38.9 Å². The van der Waals surface area contributed by atoms with Crippen molar-refractivity contribution >= 4 is 17.7 Å². The van der Waals surface area contributed by atoms with Crippen molar-refractivity contribution in [3.05, 3.63) is 66.0 Å². The van der Waals surface area contributed by atoms with Crippen molar-refractivity contribution in [1.29, 1.82) is 5.26 Å². The smallest absolute Gasteiger partial charge is 0.410 e. The van der Waals surface area contributed by atoms with Gasteiger partial charge in [-0.25, -0.2) is 4.79 Å². The number of carbonyl (C=O) groups is 2. The highest BCUT2D eigenvalue weighted by atomic mass is 16.6. The highest BCUT2D eigenvalue weighted by Gasteiger charge is 2.34. The summed E-state index contributed by atoms with van der Waals surface area (Å²) in [5.74, 6) is 1.43. The van der Waals surface area contributed by atoms with Gasteiger partial charge in [-0.05, 0) is 119 Å². The molecule has 0 radical (unpaired) electrons. The molecule has 1 aromatic heterocycles. The third-order valence-electron chi connectivity index (χ3n) is 11.0. The number of hydrogen-bond acceptors (Lipinski definition) is 7. The Kier molecular flexibility index (Phi) is 11.4.